The molecule has 1 heterocycles. The highest BCUT2D eigenvalue weighted by Crippen LogP contribution is 2.41. The maximum absolute atomic E-state index is 13.5. The molecular formula is C15H20BrFN2. The highest BCUT2D eigenvalue weighted by Gasteiger charge is 2.43. The van der Waals surface area contributed by atoms with E-state index in [0.717, 1.165) is 37.7 Å². The summed E-state index contributed by atoms with van der Waals surface area (Å²) in [6.45, 7) is 6.27. The van der Waals surface area contributed by atoms with Crippen LogP contribution >= 0.6 is 15.9 Å². The molecule has 1 aliphatic carbocycles. The standard InChI is InChI=1S/C15H20BrFN2/c1-15(12-5-6-12)10-19(8-7-18-15)9-11-3-2-4-13(17)14(11)16/h2-4,12,18H,5-10H2,1H3. The fourth-order valence-corrected chi connectivity index (χ4v) is 3.53. The summed E-state index contributed by atoms with van der Waals surface area (Å²) in [5.74, 6) is 0.656. The molecule has 0 aromatic heterocycles. The maximum Gasteiger partial charge on any atom is 0.137 e. The Bertz CT molecular complexity index is 475. The van der Waals surface area contributed by atoms with E-state index in [-0.39, 0.29) is 11.4 Å². The lowest BCUT2D eigenvalue weighted by Gasteiger charge is -2.42. The van der Waals surface area contributed by atoms with E-state index in [9.17, 15) is 4.39 Å². The Morgan fingerprint density at radius 3 is 3.00 bits per heavy atom. The Kier molecular flexibility index (Phi) is 3.67. The second kappa shape index (κ2) is 5.15. The van der Waals surface area contributed by atoms with Crippen LogP contribution in [0.2, 0.25) is 0 Å². The molecule has 104 valence electrons. The topological polar surface area (TPSA) is 15.3 Å². The Labute approximate surface area is 122 Å². The Morgan fingerprint density at radius 2 is 2.26 bits per heavy atom. The number of benzene rings is 1. The monoisotopic (exact) mass is 326 g/mol. The predicted molar refractivity (Wildman–Crippen MR) is 78.5 cm³/mol. The molecule has 2 aliphatic rings. The van der Waals surface area contributed by atoms with Gasteiger partial charge < -0.3 is 5.32 Å². The van der Waals surface area contributed by atoms with E-state index in [1.807, 2.05) is 6.07 Å². The summed E-state index contributed by atoms with van der Waals surface area (Å²) >= 11 is 3.36. The van der Waals surface area contributed by atoms with Crippen molar-refractivity contribution in [3.05, 3.63) is 34.1 Å². The molecule has 4 heteroatoms. The molecule has 0 spiro atoms. The third kappa shape index (κ3) is 2.86. The van der Waals surface area contributed by atoms with Crippen LogP contribution in [0.15, 0.2) is 22.7 Å². The molecule has 1 saturated carbocycles. The lowest BCUT2D eigenvalue weighted by atomic mass is 9.92. The Morgan fingerprint density at radius 1 is 1.47 bits per heavy atom. The van der Waals surface area contributed by atoms with E-state index in [1.54, 1.807) is 6.07 Å². The van der Waals surface area contributed by atoms with Crippen molar-refractivity contribution in [2.24, 2.45) is 5.92 Å². The molecule has 1 aliphatic heterocycles. The molecule has 1 unspecified atom stereocenters. The van der Waals surface area contributed by atoms with Crippen molar-refractivity contribution < 1.29 is 4.39 Å². The van der Waals surface area contributed by atoms with E-state index in [2.05, 4.69) is 33.1 Å². The maximum atomic E-state index is 13.5. The average molecular weight is 327 g/mol. The van der Waals surface area contributed by atoms with E-state index in [0.29, 0.717) is 4.47 Å². The highest BCUT2D eigenvalue weighted by atomic mass is 79.9. The minimum atomic E-state index is -0.169. The Hall–Kier alpha value is -0.450. The first-order valence-electron chi connectivity index (χ1n) is 6.99. The third-order valence-corrected chi connectivity index (χ3v) is 5.30. The van der Waals surface area contributed by atoms with Gasteiger partial charge in [-0.1, -0.05) is 12.1 Å². The molecule has 19 heavy (non-hydrogen) atoms. The largest absolute Gasteiger partial charge is 0.309 e. The third-order valence-electron chi connectivity index (χ3n) is 4.41. The quantitative estimate of drug-likeness (QED) is 0.917. The van der Waals surface area contributed by atoms with Crippen LogP contribution in [0.5, 0.6) is 0 Å². The van der Waals surface area contributed by atoms with Gasteiger partial charge in [0.25, 0.3) is 0 Å². The number of hydrogen-bond acceptors (Lipinski definition) is 2. The lowest BCUT2D eigenvalue weighted by molar-refractivity contribution is 0.121. The van der Waals surface area contributed by atoms with E-state index >= 15 is 0 Å². The normalized spacial score (nSPS) is 28.6. The van der Waals surface area contributed by atoms with Crippen LogP contribution < -0.4 is 5.32 Å². The van der Waals surface area contributed by atoms with Crippen molar-refractivity contribution in [3.63, 3.8) is 0 Å². The molecule has 1 N–H and O–H groups in total. The number of hydrogen-bond donors (Lipinski definition) is 1. The highest BCUT2D eigenvalue weighted by molar-refractivity contribution is 9.10. The van der Waals surface area contributed by atoms with Crippen LogP contribution in [-0.4, -0.2) is 30.1 Å². The van der Waals surface area contributed by atoms with Gasteiger partial charge in [0.2, 0.25) is 0 Å². The van der Waals surface area contributed by atoms with Gasteiger partial charge in [-0.3, -0.25) is 4.90 Å². The second-order valence-electron chi connectivity index (χ2n) is 6.04. The molecule has 2 nitrogen and oxygen atoms in total. The number of nitrogens with zero attached hydrogens (tertiary/aromatic N) is 1. The number of rotatable bonds is 3. The Balaban J connectivity index is 1.71. The zero-order chi connectivity index (χ0) is 13.5. The van der Waals surface area contributed by atoms with Crippen molar-refractivity contribution >= 4 is 15.9 Å². The molecule has 0 bridgehead atoms. The van der Waals surface area contributed by atoms with Crippen LogP contribution in [-0.2, 0) is 6.54 Å². The summed E-state index contributed by atoms with van der Waals surface area (Å²) in [4.78, 5) is 2.44. The fourth-order valence-electron chi connectivity index (χ4n) is 3.14. The van der Waals surface area contributed by atoms with E-state index in [1.165, 1.54) is 18.9 Å². The first-order valence-corrected chi connectivity index (χ1v) is 7.78. The minimum Gasteiger partial charge on any atom is -0.309 e. The first kappa shape index (κ1) is 13.5. The van der Waals surface area contributed by atoms with Gasteiger partial charge in [-0.25, -0.2) is 4.39 Å². The summed E-state index contributed by atoms with van der Waals surface area (Å²) in [5, 5.41) is 3.67. The van der Waals surface area contributed by atoms with Gasteiger partial charge >= 0.3 is 0 Å². The van der Waals surface area contributed by atoms with Gasteiger partial charge in [-0.15, -0.1) is 0 Å². The van der Waals surface area contributed by atoms with Crippen molar-refractivity contribution in [3.8, 4) is 0 Å². The number of halogens is 2. The minimum absolute atomic E-state index is 0.169. The molecule has 1 aromatic carbocycles. The SMILES string of the molecule is CC1(C2CC2)CN(Cc2cccc(F)c2Br)CCN1. The fraction of sp³-hybridized carbons (Fsp3) is 0.600. The molecule has 1 saturated heterocycles. The van der Waals surface area contributed by atoms with Gasteiger partial charge in [0.05, 0.1) is 4.47 Å². The van der Waals surface area contributed by atoms with Crippen LogP contribution in [0.25, 0.3) is 0 Å². The molecule has 1 aromatic rings. The van der Waals surface area contributed by atoms with Crippen LogP contribution in [0.4, 0.5) is 4.39 Å². The first-order chi connectivity index (χ1) is 9.08. The van der Waals surface area contributed by atoms with E-state index < -0.39 is 0 Å². The smallest absolute Gasteiger partial charge is 0.137 e. The molecule has 2 fully saturated rings. The van der Waals surface area contributed by atoms with Gasteiger partial charge in [-0.2, -0.15) is 0 Å². The van der Waals surface area contributed by atoms with Crippen molar-refractivity contribution in [1.82, 2.24) is 10.2 Å². The van der Waals surface area contributed by atoms with Crippen molar-refractivity contribution in [2.75, 3.05) is 19.6 Å². The summed E-state index contributed by atoms with van der Waals surface area (Å²) in [6, 6.07) is 5.29. The van der Waals surface area contributed by atoms with Gasteiger partial charge in [0.15, 0.2) is 0 Å². The second-order valence-corrected chi connectivity index (χ2v) is 6.84. The molecule has 3 rings (SSSR count). The predicted octanol–water partition coefficient (Wildman–Crippen LogP) is 3.16. The zero-order valence-corrected chi connectivity index (χ0v) is 12.8. The van der Waals surface area contributed by atoms with Gasteiger partial charge in [-0.05, 0) is 53.2 Å². The van der Waals surface area contributed by atoms with Crippen molar-refractivity contribution in [1.29, 1.82) is 0 Å². The average Bonchev–Trinajstić information content (AvgIpc) is 3.20. The van der Waals surface area contributed by atoms with Crippen LogP contribution in [0.1, 0.15) is 25.3 Å². The summed E-state index contributed by atoms with van der Waals surface area (Å²) in [6.07, 6.45) is 2.70. The summed E-state index contributed by atoms with van der Waals surface area (Å²) in [5.41, 5.74) is 1.29. The molecule has 0 radical (unpaired) electrons. The number of piperazine rings is 1. The zero-order valence-electron chi connectivity index (χ0n) is 11.3. The van der Waals surface area contributed by atoms with Gasteiger partial charge in [0, 0.05) is 31.7 Å². The van der Waals surface area contributed by atoms with Crippen molar-refractivity contribution in [2.45, 2.75) is 31.8 Å². The molecule has 1 atom stereocenters. The summed E-state index contributed by atoms with van der Waals surface area (Å²) in [7, 11) is 0. The van der Waals surface area contributed by atoms with Crippen LogP contribution in [0, 0.1) is 11.7 Å². The molecular weight excluding hydrogens is 307 g/mol. The molecule has 0 amide bonds. The van der Waals surface area contributed by atoms with Crippen LogP contribution in [0.3, 0.4) is 0 Å². The number of nitrogens with one attached hydrogen (secondary N) is 1. The van der Waals surface area contributed by atoms with E-state index in [4.69, 9.17) is 0 Å². The lowest BCUT2D eigenvalue weighted by Crippen LogP contribution is -2.59. The van der Waals surface area contributed by atoms with Gasteiger partial charge in [0.1, 0.15) is 5.82 Å². The summed E-state index contributed by atoms with van der Waals surface area (Å²) < 4.78 is 14.2.